The van der Waals surface area contributed by atoms with Crippen LogP contribution < -0.4 is 0 Å². The summed E-state index contributed by atoms with van der Waals surface area (Å²) in [4.78, 5) is 0. The average molecular weight is 166 g/mol. The third-order valence-electron chi connectivity index (χ3n) is 1.98. The molecule has 1 atom stereocenters. The van der Waals surface area contributed by atoms with Crippen molar-refractivity contribution in [1.82, 2.24) is 0 Å². The topological polar surface area (TPSA) is 0 Å². The molecule has 0 N–H and O–H groups in total. The van der Waals surface area contributed by atoms with Crippen LogP contribution in [-0.4, -0.2) is 5.75 Å². The second kappa shape index (κ2) is 4.45. The van der Waals surface area contributed by atoms with E-state index in [-0.39, 0.29) is 0 Å². The molecule has 60 valence electrons. The molecule has 0 saturated carbocycles. The minimum Gasteiger partial charge on any atom is -0.179 e. The van der Waals surface area contributed by atoms with Gasteiger partial charge in [-0.3, -0.25) is 0 Å². The highest BCUT2D eigenvalue weighted by Gasteiger charge is 2.04. The van der Waals surface area contributed by atoms with Crippen molar-refractivity contribution in [2.45, 2.75) is 19.3 Å². The number of thiol groups is 1. The van der Waals surface area contributed by atoms with Gasteiger partial charge in [-0.2, -0.15) is 12.6 Å². The van der Waals surface area contributed by atoms with E-state index >= 15 is 0 Å². The Hall–Kier alpha value is -0.430. The van der Waals surface area contributed by atoms with Crippen LogP contribution in [0.1, 0.15) is 24.8 Å². The standard InChI is InChI=1S/C10H14S/c1-2-9(8-11)10-6-4-3-5-7-10/h3-7,9,11H,2,8H2,1H3. The van der Waals surface area contributed by atoms with Gasteiger partial charge in [-0.25, -0.2) is 0 Å². The lowest BCUT2D eigenvalue weighted by molar-refractivity contribution is 0.746. The Labute approximate surface area is 74.0 Å². The third-order valence-corrected chi connectivity index (χ3v) is 2.42. The second-order valence-electron chi connectivity index (χ2n) is 2.70. The summed E-state index contributed by atoms with van der Waals surface area (Å²) in [6.45, 7) is 2.20. The molecule has 0 aliphatic rings. The molecular weight excluding hydrogens is 152 g/mol. The molecule has 1 aromatic rings. The van der Waals surface area contributed by atoms with Crippen LogP contribution in [0.5, 0.6) is 0 Å². The van der Waals surface area contributed by atoms with Gasteiger partial charge in [0.05, 0.1) is 0 Å². The molecule has 0 bridgehead atoms. The first kappa shape index (κ1) is 8.66. The summed E-state index contributed by atoms with van der Waals surface area (Å²) in [6, 6.07) is 10.6. The normalized spacial score (nSPS) is 12.9. The zero-order valence-corrected chi connectivity index (χ0v) is 7.72. The van der Waals surface area contributed by atoms with Gasteiger partial charge < -0.3 is 0 Å². The lowest BCUT2D eigenvalue weighted by Crippen LogP contribution is -1.97. The molecule has 1 heteroatoms. The van der Waals surface area contributed by atoms with E-state index in [1.165, 1.54) is 12.0 Å². The Morgan fingerprint density at radius 2 is 1.91 bits per heavy atom. The van der Waals surface area contributed by atoms with Gasteiger partial charge in [0.2, 0.25) is 0 Å². The van der Waals surface area contributed by atoms with Crippen molar-refractivity contribution >= 4 is 12.6 Å². The van der Waals surface area contributed by atoms with Crippen LogP contribution in [-0.2, 0) is 0 Å². The number of hydrogen-bond donors (Lipinski definition) is 1. The molecule has 0 aliphatic heterocycles. The van der Waals surface area contributed by atoms with Crippen molar-refractivity contribution in [3.63, 3.8) is 0 Å². The van der Waals surface area contributed by atoms with E-state index in [1.54, 1.807) is 0 Å². The molecule has 0 heterocycles. The van der Waals surface area contributed by atoms with E-state index in [9.17, 15) is 0 Å². The van der Waals surface area contributed by atoms with Crippen LogP contribution in [0, 0.1) is 0 Å². The highest BCUT2D eigenvalue weighted by atomic mass is 32.1. The SMILES string of the molecule is CCC(CS)c1ccccc1. The van der Waals surface area contributed by atoms with Gasteiger partial charge in [0.25, 0.3) is 0 Å². The van der Waals surface area contributed by atoms with Crippen LogP contribution in [0.2, 0.25) is 0 Å². The molecule has 1 rings (SSSR count). The molecule has 0 aromatic heterocycles. The lowest BCUT2D eigenvalue weighted by Gasteiger charge is -2.10. The predicted molar refractivity (Wildman–Crippen MR) is 53.3 cm³/mol. The van der Waals surface area contributed by atoms with E-state index in [4.69, 9.17) is 0 Å². The quantitative estimate of drug-likeness (QED) is 0.655. The molecule has 0 nitrogen and oxygen atoms in total. The first-order valence-electron chi connectivity index (χ1n) is 4.04. The maximum atomic E-state index is 4.31. The van der Waals surface area contributed by atoms with Gasteiger partial charge in [-0.05, 0) is 23.7 Å². The maximum Gasteiger partial charge on any atom is -0.00290 e. The Kier molecular flexibility index (Phi) is 3.50. The van der Waals surface area contributed by atoms with Gasteiger partial charge in [-0.1, -0.05) is 37.3 Å². The molecule has 0 spiro atoms. The smallest absolute Gasteiger partial charge is 0.00290 e. The average Bonchev–Trinajstić information content (AvgIpc) is 2.09. The first-order valence-corrected chi connectivity index (χ1v) is 4.67. The highest BCUT2D eigenvalue weighted by molar-refractivity contribution is 7.80. The largest absolute Gasteiger partial charge is 0.179 e. The fourth-order valence-electron chi connectivity index (χ4n) is 1.20. The second-order valence-corrected chi connectivity index (χ2v) is 3.06. The summed E-state index contributed by atoms with van der Waals surface area (Å²) < 4.78 is 0. The van der Waals surface area contributed by atoms with Crippen LogP contribution in [0.25, 0.3) is 0 Å². The minimum atomic E-state index is 0.625. The highest BCUT2D eigenvalue weighted by Crippen LogP contribution is 2.19. The Bertz CT molecular complexity index is 189. The van der Waals surface area contributed by atoms with Crippen molar-refractivity contribution in [3.8, 4) is 0 Å². The van der Waals surface area contributed by atoms with E-state index in [0.717, 1.165) is 5.75 Å². The zero-order chi connectivity index (χ0) is 8.10. The van der Waals surface area contributed by atoms with Crippen LogP contribution in [0.15, 0.2) is 30.3 Å². The Morgan fingerprint density at radius 1 is 1.27 bits per heavy atom. The van der Waals surface area contributed by atoms with Gasteiger partial charge in [-0.15, -0.1) is 0 Å². The van der Waals surface area contributed by atoms with Crippen molar-refractivity contribution in [1.29, 1.82) is 0 Å². The third kappa shape index (κ3) is 2.26. The van der Waals surface area contributed by atoms with Crippen LogP contribution >= 0.6 is 12.6 Å². The number of hydrogen-bond acceptors (Lipinski definition) is 1. The van der Waals surface area contributed by atoms with E-state index < -0.39 is 0 Å². The molecule has 1 unspecified atom stereocenters. The van der Waals surface area contributed by atoms with E-state index in [0.29, 0.717) is 5.92 Å². The van der Waals surface area contributed by atoms with Crippen molar-refractivity contribution < 1.29 is 0 Å². The summed E-state index contributed by atoms with van der Waals surface area (Å²) >= 11 is 4.31. The Balaban J connectivity index is 2.74. The Morgan fingerprint density at radius 3 is 2.36 bits per heavy atom. The molecule has 11 heavy (non-hydrogen) atoms. The van der Waals surface area contributed by atoms with E-state index in [2.05, 4.69) is 49.9 Å². The summed E-state index contributed by atoms with van der Waals surface area (Å²) in [5, 5.41) is 0. The number of benzene rings is 1. The lowest BCUT2D eigenvalue weighted by atomic mass is 9.99. The predicted octanol–water partition coefficient (Wildman–Crippen LogP) is 3.11. The summed E-state index contributed by atoms with van der Waals surface area (Å²) in [5.41, 5.74) is 1.41. The number of rotatable bonds is 3. The molecule has 1 aromatic carbocycles. The van der Waals surface area contributed by atoms with Crippen LogP contribution in [0.3, 0.4) is 0 Å². The van der Waals surface area contributed by atoms with Crippen molar-refractivity contribution in [2.24, 2.45) is 0 Å². The maximum absolute atomic E-state index is 4.31. The van der Waals surface area contributed by atoms with E-state index in [1.807, 2.05) is 0 Å². The summed E-state index contributed by atoms with van der Waals surface area (Å²) in [5.74, 6) is 1.57. The molecular formula is C10H14S. The van der Waals surface area contributed by atoms with Gasteiger partial charge in [0, 0.05) is 0 Å². The molecule has 0 saturated heterocycles. The zero-order valence-electron chi connectivity index (χ0n) is 6.83. The first-order chi connectivity index (χ1) is 5.38. The van der Waals surface area contributed by atoms with Gasteiger partial charge in [0.15, 0.2) is 0 Å². The van der Waals surface area contributed by atoms with Gasteiger partial charge in [0.1, 0.15) is 0 Å². The van der Waals surface area contributed by atoms with Crippen molar-refractivity contribution in [2.75, 3.05) is 5.75 Å². The molecule has 0 amide bonds. The van der Waals surface area contributed by atoms with Gasteiger partial charge >= 0.3 is 0 Å². The van der Waals surface area contributed by atoms with Crippen molar-refractivity contribution in [3.05, 3.63) is 35.9 Å². The minimum absolute atomic E-state index is 0.625. The fraction of sp³-hybridized carbons (Fsp3) is 0.400. The summed E-state index contributed by atoms with van der Waals surface area (Å²) in [7, 11) is 0. The van der Waals surface area contributed by atoms with Crippen LogP contribution in [0.4, 0.5) is 0 Å². The monoisotopic (exact) mass is 166 g/mol. The fourth-order valence-corrected chi connectivity index (χ4v) is 1.66. The molecule has 0 aliphatic carbocycles. The summed E-state index contributed by atoms with van der Waals surface area (Å²) in [6.07, 6.45) is 1.17. The molecule has 0 fully saturated rings. The molecule has 0 radical (unpaired) electrons.